The van der Waals surface area contributed by atoms with E-state index in [4.69, 9.17) is 10.5 Å². The fourth-order valence-electron chi connectivity index (χ4n) is 5.26. The van der Waals surface area contributed by atoms with Gasteiger partial charge in [-0.1, -0.05) is 59.3 Å². The number of aliphatic hydroxyl groups excluding tert-OH is 1. The van der Waals surface area contributed by atoms with Crippen LogP contribution in [0.5, 0.6) is 0 Å². The van der Waals surface area contributed by atoms with Gasteiger partial charge >= 0.3 is 0 Å². The number of rotatable bonds is 9. The van der Waals surface area contributed by atoms with Crippen LogP contribution in [0.2, 0.25) is 0 Å². The Labute approximate surface area is 176 Å². The summed E-state index contributed by atoms with van der Waals surface area (Å²) < 4.78 is 7.66. The second-order valence-corrected chi connectivity index (χ2v) is 9.27. The minimum atomic E-state index is -1.58. The summed E-state index contributed by atoms with van der Waals surface area (Å²) in [5.41, 5.74) is 2.68. The Morgan fingerprint density at radius 2 is 1.80 bits per heavy atom. The molecular weight excluding hydrogens is 386 g/mol. The van der Waals surface area contributed by atoms with Gasteiger partial charge < -0.3 is 25.8 Å². The van der Waals surface area contributed by atoms with Crippen LogP contribution in [0, 0.1) is 5.41 Å². The molecule has 5 N–H and O–H groups in total. The molecule has 2 aromatic heterocycles. The lowest BCUT2D eigenvalue weighted by atomic mass is 9.94. The van der Waals surface area contributed by atoms with Crippen LogP contribution in [0.15, 0.2) is 12.7 Å². The highest BCUT2D eigenvalue weighted by molar-refractivity contribution is 5.81. The Kier molecular flexibility index (Phi) is 5.29. The van der Waals surface area contributed by atoms with Crippen LogP contribution in [0.3, 0.4) is 0 Å². The number of anilines is 1. The van der Waals surface area contributed by atoms with Crippen LogP contribution in [-0.2, 0) is 4.74 Å². The third kappa shape index (κ3) is 2.72. The second kappa shape index (κ2) is 7.40. The van der Waals surface area contributed by atoms with Crippen LogP contribution in [0.25, 0.3) is 11.2 Å². The monoisotopic (exact) mass is 419 g/mol. The smallest absolute Gasteiger partial charge is 0.169 e. The maximum Gasteiger partial charge on any atom is 0.169 e. The van der Waals surface area contributed by atoms with E-state index in [1.54, 1.807) is 18.4 Å². The van der Waals surface area contributed by atoms with Crippen molar-refractivity contribution < 1.29 is 20.1 Å². The Morgan fingerprint density at radius 3 is 2.53 bits per heavy atom. The highest BCUT2D eigenvalue weighted by Crippen LogP contribution is 2.76. The summed E-state index contributed by atoms with van der Waals surface area (Å²) in [4.78, 5) is 12.4. The molecular formula is C21H33N5O4. The number of nitrogen functional groups attached to an aromatic ring is 1. The molecule has 166 valence electrons. The van der Waals surface area contributed by atoms with Gasteiger partial charge in [-0.25, -0.2) is 15.0 Å². The third-order valence-corrected chi connectivity index (χ3v) is 7.31. The number of imidazole rings is 1. The van der Waals surface area contributed by atoms with E-state index in [1.165, 1.54) is 31.9 Å². The van der Waals surface area contributed by atoms with Crippen molar-refractivity contribution >= 4 is 17.0 Å². The predicted octanol–water partition coefficient (Wildman–Crippen LogP) is 1.92. The van der Waals surface area contributed by atoms with Crippen LogP contribution < -0.4 is 5.73 Å². The number of ether oxygens (including phenoxy) is 1. The highest BCUT2D eigenvalue weighted by atomic mass is 16.6. The number of unbranched alkanes of at least 4 members (excludes halogenated alkanes) is 5. The lowest BCUT2D eigenvalue weighted by Crippen LogP contribution is -2.42. The highest BCUT2D eigenvalue weighted by Gasteiger charge is 2.93. The standard InChI is InChI=1S/C21H33N5O4/c1-4-5-6-7-8-9-10-13(27)15-20(28)19(2,3)21(20,29)18(30-15)26-12-25-14-16(22)23-11-24-17(14)26/h11-13,15,18,27-29H,4-10H2,1-3H3,(H2,22,23,24)/t13?,15-,18-,20-,21+/m1/s1. The van der Waals surface area contributed by atoms with Crippen molar-refractivity contribution in [1.29, 1.82) is 0 Å². The molecule has 9 heteroatoms. The lowest BCUT2D eigenvalue weighted by molar-refractivity contribution is -0.147. The Morgan fingerprint density at radius 1 is 1.10 bits per heavy atom. The molecule has 1 aliphatic carbocycles. The van der Waals surface area contributed by atoms with Crippen LogP contribution in [0.4, 0.5) is 5.82 Å². The fourth-order valence-corrected chi connectivity index (χ4v) is 5.26. The van der Waals surface area contributed by atoms with E-state index in [0.29, 0.717) is 17.6 Å². The first-order valence-electron chi connectivity index (χ1n) is 10.9. The van der Waals surface area contributed by atoms with Crippen LogP contribution in [0.1, 0.15) is 71.9 Å². The predicted molar refractivity (Wildman–Crippen MR) is 111 cm³/mol. The van der Waals surface area contributed by atoms with Gasteiger partial charge in [0.2, 0.25) is 0 Å². The zero-order chi connectivity index (χ0) is 21.7. The van der Waals surface area contributed by atoms with Gasteiger partial charge in [-0.2, -0.15) is 0 Å². The summed E-state index contributed by atoms with van der Waals surface area (Å²) in [6.07, 6.45) is 7.22. The Bertz CT molecular complexity index is 918. The number of nitrogens with two attached hydrogens (primary N) is 1. The van der Waals surface area contributed by atoms with E-state index in [9.17, 15) is 15.3 Å². The van der Waals surface area contributed by atoms with E-state index in [2.05, 4.69) is 21.9 Å². The fraction of sp³-hybridized carbons (Fsp3) is 0.762. The minimum Gasteiger partial charge on any atom is -0.390 e. The maximum atomic E-state index is 11.5. The van der Waals surface area contributed by atoms with E-state index >= 15 is 0 Å². The Hall–Kier alpha value is -1.81. The third-order valence-electron chi connectivity index (χ3n) is 7.31. The van der Waals surface area contributed by atoms with Crippen molar-refractivity contribution in [2.75, 3.05) is 5.73 Å². The number of nitrogens with zero attached hydrogens (tertiary/aromatic N) is 4. The SMILES string of the molecule is CCCCCCCCC(O)[C@H]1O[C@@H](n2cnc3c(N)ncnc32)[C@]2(O)C(C)(C)[C@]12O. The van der Waals surface area contributed by atoms with Crippen molar-refractivity contribution in [3.05, 3.63) is 12.7 Å². The first-order valence-corrected chi connectivity index (χ1v) is 10.9. The zero-order valence-electron chi connectivity index (χ0n) is 18.0. The van der Waals surface area contributed by atoms with Crippen LogP contribution in [-0.4, -0.2) is 58.2 Å². The molecule has 1 saturated heterocycles. The molecule has 0 amide bonds. The molecule has 2 aliphatic rings. The quantitative estimate of drug-likeness (QED) is 0.452. The van der Waals surface area contributed by atoms with Crippen molar-refractivity contribution in [3.8, 4) is 0 Å². The van der Waals surface area contributed by atoms with Gasteiger partial charge in [0.15, 0.2) is 17.7 Å². The van der Waals surface area contributed by atoms with Crippen LogP contribution >= 0.6 is 0 Å². The van der Waals surface area contributed by atoms with Gasteiger partial charge in [0.1, 0.15) is 29.2 Å². The lowest BCUT2D eigenvalue weighted by Gasteiger charge is -2.30. The summed E-state index contributed by atoms with van der Waals surface area (Å²) >= 11 is 0. The van der Waals surface area contributed by atoms with Gasteiger partial charge in [-0.3, -0.25) is 4.57 Å². The molecule has 30 heavy (non-hydrogen) atoms. The van der Waals surface area contributed by atoms with E-state index in [-0.39, 0.29) is 5.82 Å². The molecule has 1 aliphatic heterocycles. The van der Waals surface area contributed by atoms with Crippen molar-refractivity contribution in [2.45, 2.75) is 95.4 Å². The molecule has 9 nitrogen and oxygen atoms in total. The summed E-state index contributed by atoms with van der Waals surface area (Å²) in [5, 5.41) is 33.8. The Balaban J connectivity index is 1.54. The minimum absolute atomic E-state index is 0.230. The van der Waals surface area contributed by atoms with Crippen molar-refractivity contribution in [2.24, 2.45) is 5.41 Å². The zero-order valence-corrected chi connectivity index (χ0v) is 18.0. The molecule has 5 atom stereocenters. The number of aliphatic hydroxyl groups is 3. The molecule has 0 aromatic carbocycles. The normalized spacial score (nSPS) is 33.0. The first-order chi connectivity index (χ1) is 14.2. The van der Waals surface area contributed by atoms with Gasteiger partial charge in [0.05, 0.1) is 12.4 Å². The molecule has 1 unspecified atom stereocenters. The van der Waals surface area contributed by atoms with Gasteiger partial charge in [-0.15, -0.1) is 0 Å². The average molecular weight is 420 g/mol. The molecule has 0 spiro atoms. The molecule has 1 saturated carbocycles. The van der Waals surface area contributed by atoms with E-state index in [1.807, 2.05) is 0 Å². The molecule has 2 fully saturated rings. The topological polar surface area (TPSA) is 140 Å². The van der Waals surface area contributed by atoms with Gasteiger partial charge in [0.25, 0.3) is 0 Å². The number of aromatic nitrogens is 4. The maximum absolute atomic E-state index is 11.5. The second-order valence-electron chi connectivity index (χ2n) is 9.27. The molecule has 3 heterocycles. The molecule has 2 aromatic rings. The number of hydrogen-bond donors (Lipinski definition) is 4. The van der Waals surface area contributed by atoms with Crippen molar-refractivity contribution in [3.63, 3.8) is 0 Å². The number of fused-ring (bicyclic) bond motifs is 2. The summed E-state index contributed by atoms with van der Waals surface area (Å²) in [6.45, 7) is 5.76. The number of hydrogen-bond acceptors (Lipinski definition) is 8. The summed E-state index contributed by atoms with van der Waals surface area (Å²) in [7, 11) is 0. The van der Waals surface area contributed by atoms with E-state index in [0.717, 1.165) is 19.3 Å². The molecule has 0 bridgehead atoms. The van der Waals surface area contributed by atoms with Crippen molar-refractivity contribution in [1.82, 2.24) is 19.5 Å². The average Bonchev–Trinajstić information content (AvgIpc) is 3.08. The first kappa shape index (κ1) is 21.4. The van der Waals surface area contributed by atoms with Gasteiger partial charge in [0, 0.05) is 5.41 Å². The van der Waals surface area contributed by atoms with Gasteiger partial charge in [-0.05, 0) is 6.42 Å². The summed E-state index contributed by atoms with van der Waals surface area (Å²) in [5.74, 6) is 0.230. The largest absolute Gasteiger partial charge is 0.390 e. The van der Waals surface area contributed by atoms with E-state index < -0.39 is 35.1 Å². The molecule has 0 radical (unpaired) electrons. The summed E-state index contributed by atoms with van der Waals surface area (Å²) in [6, 6.07) is 0. The molecule has 4 rings (SSSR count).